The van der Waals surface area contributed by atoms with Crippen molar-refractivity contribution < 1.29 is 17.5 Å². The summed E-state index contributed by atoms with van der Waals surface area (Å²) in [6.07, 6.45) is 2.13. The number of sulfonamides is 1. The lowest BCUT2D eigenvalue weighted by molar-refractivity contribution is 0.0960. The van der Waals surface area contributed by atoms with E-state index < -0.39 is 10.0 Å². The number of hydrogen-bond acceptors (Lipinski definition) is 5. The highest BCUT2D eigenvalue weighted by Crippen LogP contribution is 2.31. The second-order valence-corrected chi connectivity index (χ2v) is 11.1. The fraction of sp³-hybridized carbons (Fsp3) is 0.458. The van der Waals surface area contributed by atoms with Gasteiger partial charge in [-0.05, 0) is 61.2 Å². The van der Waals surface area contributed by atoms with Crippen molar-refractivity contribution in [1.29, 1.82) is 0 Å². The quantitative estimate of drug-likeness (QED) is 0.395. The number of imidazole rings is 1. The maximum atomic E-state index is 13.8. The molecule has 6 nitrogen and oxygen atoms in total. The molecule has 9 heteroatoms. The predicted molar refractivity (Wildman–Crippen MR) is 130 cm³/mol. The second kappa shape index (κ2) is 10.1. The zero-order chi connectivity index (χ0) is 23.6. The van der Waals surface area contributed by atoms with Crippen molar-refractivity contribution in [3.8, 4) is 0 Å². The molecule has 1 atom stereocenters. The fourth-order valence-corrected chi connectivity index (χ4v) is 6.74. The second-order valence-electron chi connectivity index (χ2n) is 8.24. The van der Waals surface area contributed by atoms with Gasteiger partial charge in [-0.1, -0.05) is 31.7 Å². The van der Waals surface area contributed by atoms with E-state index in [0.29, 0.717) is 30.9 Å². The predicted octanol–water partition coefficient (Wildman–Crippen LogP) is 4.99. The normalized spacial score (nSPS) is 16.8. The van der Waals surface area contributed by atoms with E-state index in [-0.39, 0.29) is 16.8 Å². The van der Waals surface area contributed by atoms with Crippen LogP contribution in [0.3, 0.4) is 0 Å². The van der Waals surface area contributed by atoms with Gasteiger partial charge in [-0.15, -0.1) is 0 Å². The summed E-state index contributed by atoms with van der Waals surface area (Å²) in [5.74, 6) is 0.318. The molecular weight excluding hydrogens is 461 g/mol. The molecule has 1 aliphatic heterocycles. The molecule has 1 aromatic heterocycles. The number of aromatic nitrogens is 2. The molecule has 0 aliphatic carbocycles. The zero-order valence-electron chi connectivity index (χ0n) is 19.3. The molecule has 33 heavy (non-hydrogen) atoms. The number of rotatable bonds is 9. The Morgan fingerprint density at radius 3 is 2.70 bits per heavy atom. The van der Waals surface area contributed by atoms with E-state index in [2.05, 4.69) is 4.57 Å². The van der Waals surface area contributed by atoms with E-state index in [1.54, 1.807) is 24.3 Å². The van der Waals surface area contributed by atoms with Crippen LogP contribution in [0.4, 0.5) is 4.39 Å². The molecule has 178 valence electrons. The highest BCUT2D eigenvalue weighted by Gasteiger charge is 2.24. The van der Waals surface area contributed by atoms with Crippen LogP contribution in [0.15, 0.2) is 46.5 Å². The van der Waals surface area contributed by atoms with E-state index in [1.165, 1.54) is 22.1 Å². The van der Waals surface area contributed by atoms with Crippen LogP contribution in [-0.2, 0) is 27.1 Å². The molecule has 4 rings (SSSR count). The molecule has 1 fully saturated rings. The summed E-state index contributed by atoms with van der Waals surface area (Å²) in [6.45, 7) is 7.88. The Hall–Kier alpha value is -1.94. The summed E-state index contributed by atoms with van der Waals surface area (Å²) < 4.78 is 49.2. The number of aryl methyl sites for hydroxylation is 1. The van der Waals surface area contributed by atoms with Crippen molar-refractivity contribution in [2.75, 3.05) is 19.7 Å². The van der Waals surface area contributed by atoms with Crippen molar-refractivity contribution in [2.24, 2.45) is 0 Å². The van der Waals surface area contributed by atoms with E-state index in [4.69, 9.17) is 9.72 Å². The minimum Gasteiger partial charge on any atom is -0.376 e. The zero-order valence-corrected chi connectivity index (χ0v) is 20.9. The topological polar surface area (TPSA) is 64.4 Å². The van der Waals surface area contributed by atoms with Gasteiger partial charge in [0.25, 0.3) is 0 Å². The Kier molecular flexibility index (Phi) is 7.43. The Morgan fingerprint density at radius 1 is 1.21 bits per heavy atom. The van der Waals surface area contributed by atoms with Gasteiger partial charge in [0.15, 0.2) is 5.16 Å². The number of nitrogens with zero attached hydrogens (tertiary/aromatic N) is 3. The summed E-state index contributed by atoms with van der Waals surface area (Å²) in [7, 11) is -3.57. The Balaban J connectivity index is 1.71. The SMILES string of the molecule is CCN(CC)S(=O)(=O)c1ccc2c(c1)nc(SCc1cc(F)ccc1C)n2C[C@@H]1CCCO1. The van der Waals surface area contributed by atoms with Crippen LogP contribution in [-0.4, -0.2) is 48.1 Å². The molecular formula is C24H30FN3O3S2. The van der Waals surface area contributed by atoms with Gasteiger partial charge in [-0.2, -0.15) is 4.31 Å². The molecule has 0 saturated carbocycles. The lowest BCUT2D eigenvalue weighted by Gasteiger charge is -2.18. The van der Waals surface area contributed by atoms with Crippen molar-refractivity contribution in [3.63, 3.8) is 0 Å². The maximum Gasteiger partial charge on any atom is 0.243 e. The van der Waals surface area contributed by atoms with Crippen LogP contribution >= 0.6 is 11.8 Å². The van der Waals surface area contributed by atoms with Crippen molar-refractivity contribution >= 4 is 32.8 Å². The molecule has 2 aromatic carbocycles. The number of halogens is 1. The van der Waals surface area contributed by atoms with E-state index in [0.717, 1.165) is 41.2 Å². The van der Waals surface area contributed by atoms with Crippen LogP contribution in [0.2, 0.25) is 0 Å². The van der Waals surface area contributed by atoms with Gasteiger partial charge < -0.3 is 9.30 Å². The highest BCUT2D eigenvalue weighted by molar-refractivity contribution is 7.98. The van der Waals surface area contributed by atoms with Crippen molar-refractivity contribution in [3.05, 3.63) is 53.3 Å². The molecule has 1 saturated heterocycles. The molecule has 0 N–H and O–H groups in total. The van der Waals surface area contributed by atoms with Crippen LogP contribution in [0.1, 0.15) is 37.8 Å². The number of benzene rings is 2. The Morgan fingerprint density at radius 2 is 2.00 bits per heavy atom. The molecule has 1 aliphatic rings. The lowest BCUT2D eigenvalue weighted by atomic mass is 10.1. The third-order valence-electron chi connectivity index (χ3n) is 6.11. The lowest BCUT2D eigenvalue weighted by Crippen LogP contribution is -2.30. The highest BCUT2D eigenvalue weighted by atomic mass is 32.2. The van der Waals surface area contributed by atoms with Gasteiger partial charge in [0.2, 0.25) is 10.0 Å². The van der Waals surface area contributed by atoms with E-state index in [9.17, 15) is 12.8 Å². The molecule has 2 heterocycles. The minimum atomic E-state index is -3.57. The summed E-state index contributed by atoms with van der Waals surface area (Å²) in [4.78, 5) is 5.05. The standard InChI is InChI=1S/C24H30FN3O3S2/c1-4-27(5-2)33(29,30)21-10-11-23-22(14-21)26-24(28(23)15-20-7-6-12-31-20)32-16-18-13-19(25)9-8-17(18)3/h8-11,13-14,20H,4-7,12,15-16H2,1-3H3/t20-/m0/s1. The first kappa shape index (κ1) is 24.2. The first-order valence-corrected chi connectivity index (χ1v) is 13.8. The largest absolute Gasteiger partial charge is 0.376 e. The summed E-state index contributed by atoms with van der Waals surface area (Å²) >= 11 is 1.53. The van der Waals surface area contributed by atoms with Crippen LogP contribution in [0.5, 0.6) is 0 Å². The van der Waals surface area contributed by atoms with Gasteiger partial charge >= 0.3 is 0 Å². The van der Waals surface area contributed by atoms with Gasteiger partial charge in [-0.25, -0.2) is 17.8 Å². The number of fused-ring (bicyclic) bond motifs is 1. The average molecular weight is 492 g/mol. The molecule has 0 amide bonds. The minimum absolute atomic E-state index is 0.108. The summed E-state index contributed by atoms with van der Waals surface area (Å²) in [5, 5.41) is 0.779. The molecule has 3 aromatic rings. The first-order chi connectivity index (χ1) is 15.8. The van der Waals surface area contributed by atoms with Gasteiger partial charge in [0.1, 0.15) is 5.82 Å². The number of ether oxygens (including phenoxy) is 1. The molecule has 0 spiro atoms. The third kappa shape index (κ3) is 5.11. The third-order valence-corrected chi connectivity index (χ3v) is 9.18. The Bertz CT molecular complexity index is 1230. The smallest absolute Gasteiger partial charge is 0.243 e. The van der Waals surface area contributed by atoms with Crippen LogP contribution < -0.4 is 0 Å². The van der Waals surface area contributed by atoms with Gasteiger partial charge in [0.05, 0.1) is 28.6 Å². The van der Waals surface area contributed by atoms with Crippen LogP contribution in [0.25, 0.3) is 11.0 Å². The summed E-state index contributed by atoms with van der Waals surface area (Å²) in [5.41, 5.74) is 3.46. The maximum absolute atomic E-state index is 13.8. The van der Waals surface area contributed by atoms with Gasteiger partial charge in [-0.3, -0.25) is 0 Å². The van der Waals surface area contributed by atoms with E-state index in [1.807, 2.05) is 26.8 Å². The number of hydrogen-bond donors (Lipinski definition) is 0. The van der Waals surface area contributed by atoms with Crippen molar-refractivity contribution in [2.45, 2.75) is 62.1 Å². The fourth-order valence-electron chi connectivity index (χ4n) is 4.18. The van der Waals surface area contributed by atoms with Crippen LogP contribution in [0, 0.1) is 12.7 Å². The Labute approximate surface area is 199 Å². The van der Waals surface area contributed by atoms with Crippen molar-refractivity contribution in [1.82, 2.24) is 13.9 Å². The van der Waals surface area contributed by atoms with Gasteiger partial charge in [0, 0.05) is 25.4 Å². The molecule has 0 radical (unpaired) electrons. The molecule has 0 unspecified atom stereocenters. The summed E-state index contributed by atoms with van der Waals surface area (Å²) in [6, 6.07) is 9.97. The first-order valence-electron chi connectivity index (χ1n) is 11.3. The number of thioether (sulfide) groups is 1. The monoisotopic (exact) mass is 491 g/mol. The van der Waals surface area contributed by atoms with E-state index >= 15 is 0 Å². The average Bonchev–Trinajstić information content (AvgIpc) is 3.43. The molecule has 0 bridgehead atoms.